The lowest BCUT2D eigenvalue weighted by atomic mass is 9.99. The molecule has 1 aliphatic heterocycles. The predicted octanol–water partition coefficient (Wildman–Crippen LogP) is -3.09. The summed E-state index contributed by atoms with van der Waals surface area (Å²) in [5, 5.41) is 55.5. The molecule has 112 valence electrons. The highest BCUT2D eigenvalue weighted by Crippen LogP contribution is 2.22. The maximum Gasteiger partial charge on any atom is 0.307 e. The first kappa shape index (κ1) is 16.2. The van der Waals surface area contributed by atoms with Crippen LogP contribution in [0.4, 0.5) is 0 Å². The molecule has 1 saturated heterocycles. The molecule has 0 aromatic carbocycles. The number of ether oxygens (including phenoxy) is 2. The molecule has 1 heterocycles. The Balaban J connectivity index is 2.59. The zero-order chi connectivity index (χ0) is 14.6. The number of esters is 1. The van der Waals surface area contributed by atoms with Crippen LogP contribution in [-0.4, -0.2) is 80.7 Å². The number of aliphatic hydroxyl groups is 4. The van der Waals surface area contributed by atoms with E-state index in [2.05, 4.69) is 4.74 Å². The quantitative estimate of drug-likeness (QED) is 0.258. The first-order valence-corrected chi connectivity index (χ1v) is 5.50. The monoisotopic (exact) mass is 282 g/mol. The van der Waals surface area contributed by atoms with Crippen molar-refractivity contribution in [1.29, 1.82) is 0 Å². The van der Waals surface area contributed by atoms with Gasteiger partial charge in [0.15, 0.2) is 12.4 Å². The molecular formula is C9H16NO9-. The molecule has 0 amide bonds. The molecule has 1 aliphatic rings. The van der Waals surface area contributed by atoms with Gasteiger partial charge in [-0.05, 0) is 0 Å². The van der Waals surface area contributed by atoms with Gasteiger partial charge in [-0.15, -0.1) is 0 Å². The number of hydroxylamine groups is 2. The van der Waals surface area contributed by atoms with Crippen LogP contribution in [0.5, 0.6) is 0 Å². The third kappa shape index (κ3) is 4.33. The van der Waals surface area contributed by atoms with Gasteiger partial charge < -0.3 is 40.3 Å². The number of rotatable bonds is 5. The Morgan fingerprint density at radius 3 is 2.47 bits per heavy atom. The number of aliphatic hydroxyl groups excluding tert-OH is 4. The largest absolute Gasteiger partial charge is 0.762 e. The highest BCUT2D eigenvalue weighted by atomic mass is 16.8. The van der Waals surface area contributed by atoms with Crippen molar-refractivity contribution in [1.82, 2.24) is 5.23 Å². The van der Waals surface area contributed by atoms with Gasteiger partial charge in [0.05, 0.1) is 13.0 Å². The van der Waals surface area contributed by atoms with Gasteiger partial charge in [0.1, 0.15) is 18.3 Å². The molecule has 0 aromatic heterocycles. The van der Waals surface area contributed by atoms with Gasteiger partial charge in [0.2, 0.25) is 0 Å². The van der Waals surface area contributed by atoms with E-state index in [-0.39, 0.29) is 0 Å². The molecule has 5 unspecified atom stereocenters. The van der Waals surface area contributed by atoms with Gasteiger partial charge in [-0.2, -0.15) is 0 Å². The molecule has 5 atom stereocenters. The summed E-state index contributed by atoms with van der Waals surface area (Å²) in [6.07, 6.45) is -8.16. The molecule has 0 spiro atoms. The van der Waals surface area contributed by atoms with E-state index in [1.807, 2.05) is 0 Å². The summed E-state index contributed by atoms with van der Waals surface area (Å²) in [6.45, 7) is -1.19. The van der Waals surface area contributed by atoms with Crippen LogP contribution < -0.4 is 0 Å². The van der Waals surface area contributed by atoms with Crippen molar-refractivity contribution in [2.45, 2.75) is 37.1 Å². The van der Waals surface area contributed by atoms with E-state index in [9.17, 15) is 25.3 Å². The van der Waals surface area contributed by atoms with Crippen LogP contribution in [0.3, 0.4) is 0 Å². The van der Waals surface area contributed by atoms with Crippen LogP contribution in [0.2, 0.25) is 0 Å². The Morgan fingerprint density at radius 1 is 1.32 bits per heavy atom. The number of hydrogen-bond acceptors (Lipinski definition) is 10. The van der Waals surface area contributed by atoms with E-state index < -0.39 is 61.5 Å². The number of nitrogens with zero attached hydrogens (tertiary/aromatic N) is 1. The van der Waals surface area contributed by atoms with Gasteiger partial charge in [0.25, 0.3) is 0 Å². The van der Waals surface area contributed by atoms with Crippen LogP contribution in [0.1, 0.15) is 6.42 Å². The fraction of sp³-hybridized carbons (Fsp3) is 0.889. The van der Waals surface area contributed by atoms with Crippen LogP contribution in [-0.2, 0) is 14.3 Å². The van der Waals surface area contributed by atoms with E-state index >= 15 is 0 Å². The lowest BCUT2D eigenvalue weighted by Gasteiger charge is -2.39. The summed E-state index contributed by atoms with van der Waals surface area (Å²) < 4.78 is 9.39. The standard InChI is InChI=1S/C9H16NO9/c11-3-4-6(13)8(7(14)9(15)18-4)19-5(12)1-2-10(16)17/h4,6-9,11,13-16H,1-3H2/q-1. The van der Waals surface area contributed by atoms with Gasteiger partial charge in [-0.1, -0.05) is 0 Å². The van der Waals surface area contributed by atoms with Gasteiger partial charge in [-0.3, -0.25) is 10.0 Å². The average Bonchev–Trinajstić information content (AvgIpc) is 2.36. The number of carbonyl (C=O) groups is 1. The molecule has 19 heavy (non-hydrogen) atoms. The summed E-state index contributed by atoms with van der Waals surface area (Å²) >= 11 is 0. The van der Waals surface area contributed by atoms with Crippen molar-refractivity contribution in [2.75, 3.05) is 13.2 Å². The van der Waals surface area contributed by atoms with Crippen molar-refractivity contribution in [3.8, 4) is 0 Å². The van der Waals surface area contributed by atoms with Crippen LogP contribution in [0, 0.1) is 5.21 Å². The summed E-state index contributed by atoms with van der Waals surface area (Å²) in [6, 6.07) is 0. The molecule has 5 N–H and O–H groups in total. The summed E-state index contributed by atoms with van der Waals surface area (Å²) in [4.78, 5) is 11.3. The Morgan fingerprint density at radius 2 is 1.95 bits per heavy atom. The maximum atomic E-state index is 11.3. The first-order chi connectivity index (χ1) is 8.86. The lowest BCUT2D eigenvalue weighted by Crippen LogP contribution is -2.59. The first-order valence-electron chi connectivity index (χ1n) is 5.50. The molecule has 0 saturated carbocycles. The molecule has 0 aromatic rings. The molecule has 0 aliphatic carbocycles. The van der Waals surface area contributed by atoms with E-state index in [4.69, 9.17) is 15.1 Å². The Kier molecular flexibility index (Phi) is 6.03. The van der Waals surface area contributed by atoms with E-state index in [0.717, 1.165) is 0 Å². The summed E-state index contributed by atoms with van der Waals surface area (Å²) in [5.74, 6) is -0.969. The molecule has 0 radical (unpaired) electrons. The highest BCUT2D eigenvalue weighted by molar-refractivity contribution is 5.69. The third-order valence-corrected chi connectivity index (χ3v) is 2.62. The zero-order valence-electron chi connectivity index (χ0n) is 9.82. The smallest absolute Gasteiger partial charge is 0.307 e. The lowest BCUT2D eigenvalue weighted by molar-refractivity contribution is -0.290. The zero-order valence-corrected chi connectivity index (χ0v) is 9.82. The minimum atomic E-state index is -1.73. The molecule has 10 heteroatoms. The third-order valence-electron chi connectivity index (χ3n) is 2.62. The highest BCUT2D eigenvalue weighted by Gasteiger charge is 2.45. The summed E-state index contributed by atoms with van der Waals surface area (Å²) in [7, 11) is 0. The fourth-order valence-corrected chi connectivity index (χ4v) is 1.60. The molecule has 1 rings (SSSR count). The Hall–Kier alpha value is -0.850. The SMILES string of the molecule is O=C(CCN([O-])O)OC1C(O)C(O)OC(CO)C1O. The molecule has 10 nitrogen and oxygen atoms in total. The molecule has 0 bridgehead atoms. The van der Waals surface area contributed by atoms with Crippen molar-refractivity contribution in [2.24, 2.45) is 0 Å². The second-order valence-corrected chi connectivity index (χ2v) is 4.01. The molecule has 1 fully saturated rings. The van der Waals surface area contributed by atoms with E-state index in [1.165, 1.54) is 0 Å². The number of carbonyl (C=O) groups excluding carboxylic acids is 1. The average molecular weight is 282 g/mol. The van der Waals surface area contributed by atoms with E-state index in [0.29, 0.717) is 0 Å². The van der Waals surface area contributed by atoms with Crippen LogP contribution in [0.15, 0.2) is 0 Å². The molecular weight excluding hydrogens is 266 g/mol. The fourth-order valence-electron chi connectivity index (χ4n) is 1.60. The van der Waals surface area contributed by atoms with Gasteiger partial charge in [-0.25, -0.2) is 0 Å². The van der Waals surface area contributed by atoms with Crippen molar-refractivity contribution >= 4 is 5.97 Å². The van der Waals surface area contributed by atoms with Gasteiger partial charge >= 0.3 is 5.97 Å². The Labute approximate surface area is 107 Å². The Bertz CT molecular complexity index is 299. The van der Waals surface area contributed by atoms with Crippen LogP contribution >= 0.6 is 0 Å². The normalized spacial score (nSPS) is 35.4. The second-order valence-electron chi connectivity index (χ2n) is 4.01. The van der Waals surface area contributed by atoms with Crippen molar-refractivity contribution in [3.05, 3.63) is 5.21 Å². The minimum absolute atomic E-state index is 0.469. The van der Waals surface area contributed by atoms with Gasteiger partial charge in [0, 0.05) is 6.54 Å². The van der Waals surface area contributed by atoms with E-state index in [1.54, 1.807) is 0 Å². The second kappa shape index (κ2) is 7.07. The topological polar surface area (TPSA) is 163 Å². The summed E-state index contributed by atoms with van der Waals surface area (Å²) in [5.41, 5.74) is 0. The van der Waals surface area contributed by atoms with Crippen molar-refractivity contribution in [3.63, 3.8) is 0 Å². The number of hydrogen-bond donors (Lipinski definition) is 5. The maximum absolute atomic E-state index is 11.3. The van der Waals surface area contributed by atoms with Crippen molar-refractivity contribution < 1.29 is 39.9 Å². The minimum Gasteiger partial charge on any atom is -0.762 e. The van der Waals surface area contributed by atoms with Crippen LogP contribution in [0.25, 0.3) is 0 Å². The predicted molar refractivity (Wildman–Crippen MR) is 56.3 cm³/mol.